The summed E-state index contributed by atoms with van der Waals surface area (Å²) in [6.45, 7) is 10.2. The molecule has 2 heterocycles. The number of halogens is 1. The second-order valence-corrected chi connectivity index (χ2v) is 10.5. The lowest BCUT2D eigenvalue weighted by atomic mass is 10.1. The van der Waals surface area contributed by atoms with Crippen LogP contribution in [0, 0.1) is 13.8 Å². The van der Waals surface area contributed by atoms with Gasteiger partial charge in [0.15, 0.2) is 0 Å². The van der Waals surface area contributed by atoms with Crippen molar-refractivity contribution in [3.05, 3.63) is 124 Å². The maximum absolute atomic E-state index is 12.7. The van der Waals surface area contributed by atoms with E-state index in [-0.39, 0.29) is 5.91 Å². The fourth-order valence-corrected chi connectivity index (χ4v) is 5.31. The van der Waals surface area contributed by atoms with Crippen LogP contribution in [0.5, 0.6) is 0 Å². The molecule has 0 bridgehead atoms. The molecule has 0 aliphatic carbocycles. The number of benzene rings is 3. The fraction of sp³-hybridized carbons (Fsp3) is 0.250. The van der Waals surface area contributed by atoms with Gasteiger partial charge in [0.1, 0.15) is 0 Å². The molecule has 1 N–H and O–H groups in total. The monoisotopic (exact) mass is 539 g/mol. The summed E-state index contributed by atoms with van der Waals surface area (Å²) in [6.07, 6.45) is 1.69. The van der Waals surface area contributed by atoms with E-state index >= 15 is 0 Å². The average Bonchev–Trinajstić information content (AvgIpc) is 3.23. The molecule has 0 unspecified atom stereocenters. The maximum atomic E-state index is 12.7. The Labute approximate surface area is 235 Å². The van der Waals surface area contributed by atoms with Gasteiger partial charge >= 0.3 is 0 Å². The van der Waals surface area contributed by atoms with Crippen LogP contribution in [0.2, 0.25) is 5.02 Å². The van der Waals surface area contributed by atoms with Gasteiger partial charge in [-0.2, -0.15) is 5.10 Å². The molecule has 6 nitrogen and oxygen atoms in total. The van der Waals surface area contributed by atoms with Crippen LogP contribution < -0.4 is 5.43 Å². The molecule has 200 valence electrons. The van der Waals surface area contributed by atoms with Crippen molar-refractivity contribution in [3.8, 4) is 5.69 Å². The van der Waals surface area contributed by atoms with Crippen LogP contribution in [-0.2, 0) is 13.1 Å². The highest BCUT2D eigenvalue weighted by molar-refractivity contribution is 6.30. The summed E-state index contributed by atoms with van der Waals surface area (Å²) in [5, 5.41) is 4.91. The van der Waals surface area contributed by atoms with Gasteiger partial charge in [-0.05, 0) is 61.4 Å². The van der Waals surface area contributed by atoms with Crippen LogP contribution in [0.25, 0.3) is 5.69 Å². The van der Waals surface area contributed by atoms with E-state index in [4.69, 9.17) is 11.6 Å². The summed E-state index contributed by atoms with van der Waals surface area (Å²) < 4.78 is 2.12. The minimum absolute atomic E-state index is 0.226. The molecule has 1 aromatic heterocycles. The highest BCUT2D eigenvalue weighted by atomic mass is 35.5. The molecule has 1 amide bonds. The zero-order valence-electron chi connectivity index (χ0n) is 22.5. The predicted molar refractivity (Wildman–Crippen MR) is 159 cm³/mol. The third-order valence-corrected chi connectivity index (χ3v) is 7.48. The largest absolute Gasteiger partial charge is 0.318 e. The minimum atomic E-state index is -0.226. The molecule has 7 heteroatoms. The van der Waals surface area contributed by atoms with Crippen molar-refractivity contribution in [1.29, 1.82) is 0 Å². The Kier molecular flexibility index (Phi) is 8.57. The lowest BCUT2D eigenvalue weighted by Gasteiger charge is -2.34. The van der Waals surface area contributed by atoms with Crippen LogP contribution in [0.1, 0.15) is 38.4 Å². The second-order valence-electron chi connectivity index (χ2n) is 10.1. The smallest absolute Gasteiger partial charge is 0.271 e. The van der Waals surface area contributed by atoms with Gasteiger partial charge in [-0.25, -0.2) is 5.43 Å². The van der Waals surface area contributed by atoms with Crippen LogP contribution in [-0.4, -0.2) is 52.7 Å². The summed E-state index contributed by atoms with van der Waals surface area (Å²) in [5.41, 5.74) is 9.85. The second kappa shape index (κ2) is 12.4. The molecular formula is C32H34ClN5O. The van der Waals surface area contributed by atoms with Gasteiger partial charge in [0.2, 0.25) is 0 Å². The Morgan fingerprint density at radius 3 is 2.13 bits per heavy atom. The van der Waals surface area contributed by atoms with Crippen molar-refractivity contribution in [2.24, 2.45) is 5.10 Å². The van der Waals surface area contributed by atoms with E-state index in [2.05, 4.69) is 55.2 Å². The summed E-state index contributed by atoms with van der Waals surface area (Å²) in [7, 11) is 0. The molecule has 39 heavy (non-hydrogen) atoms. The number of aromatic nitrogens is 1. The lowest BCUT2D eigenvalue weighted by Crippen LogP contribution is -2.45. The van der Waals surface area contributed by atoms with Gasteiger partial charge < -0.3 is 4.57 Å². The molecule has 0 radical (unpaired) electrons. The van der Waals surface area contributed by atoms with Crippen LogP contribution in [0.15, 0.2) is 90.0 Å². The number of rotatable bonds is 8. The SMILES string of the molecule is Cc1cc(/C=N\NC(=O)c2ccc(CN3CCN(Cc4ccccc4)CC3)cc2)c(C)n1-c1cccc(Cl)c1. The van der Waals surface area contributed by atoms with Gasteiger partial charge in [0.25, 0.3) is 5.91 Å². The van der Waals surface area contributed by atoms with E-state index in [1.807, 2.05) is 68.4 Å². The van der Waals surface area contributed by atoms with Crippen molar-refractivity contribution in [2.75, 3.05) is 26.2 Å². The molecule has 4 aromatic rings. The van der Waals surface area contributed by atoms with Gasteiger partial charge in [0.05, 0.1) is 6.21 Å². The fourth-order valence-electron chi connectivity index (χ4n) is 5.12. The molecule has 1 fully saturated rings. The van der Waals surface area contributed by atoms with Gasteiger partial charge in [-0.3, -0.25) is 14.6 Å². The van der Waals surface area contributed by atoms with E-state index < -0.39 is 0 Å². The van der Waals surface area contributed by atoms with Gasteiger partial charge in [-0.1, -0.05) is 60.1 Å². The summed E-state index contributed by atoms with van der Waals surface area (Å²) >= 11 is 6.18. The first-order valence-electron chi connectivity index (χ1n) is 13.3. The third-order valence-electron chi connectivity index (χ3n) is 7.24. The molecule has 3 aromatic carbocycles. The van der Waals surface area contributed by atoms with Crippen LogP contribution >= 0.6 is 11.6 Å². The quantitative estimate of drug-likeness (QED) is 0.226. The Hall–Kier alpha value is -3.71. The number of piperazine rings is 1. The number of hydrogen-bond donors (Lipinski definition) is 1. The Bertz CT molecular complexity index is 1440. The van der Waals surface area contributed by atoms with Crippen molar-refractivity contribution < 1.29 is 4.79 Å². The number of hydrazone groups is 1. The van der Waals surface area contributed by atoms with Crippen LogP contribution in [0.4, 0.5) is 0 Å². The number of nitrogens with zero attached hydrogens (tertiary/aromatic N) is 4. The Morgan fingerprint density at radius 2 is 1.49 bits per heavy atom. The summed E-state index contributed by atoms with van der Waals surface area (Å²) in [5.74, 6) is -0.226. The molecular weight excluding hydrogens is 506 g/mol. The zero-order chi connectivity index (χ0) is 27.2. The first-order chi connectivity index (χ1) is 19.0. The first kappa shape index (κ1) is 26.9. The van der Waals surface area contributed by atoms with Gasteiger partial charge in [-0.15, -0.1) is 0 Å². The standard InChI is InChI=1S/C32H34ClN5O/c1-24-19-29(25(2)38(24)31-10-6-9-30(33)20-31)21-34-35-32(39)28-13-11-27(12-14-28)23-37-17-15-36(16-18-37)22-26-7-4-3-5-8-26/h3-14,19-21H,15-18,22-23H2,1-2H3,(H,35,39)/b34-21-. The summed E-state index contributed by atoms with van der Waals surface area (Å²) in [6, 6.07) is 28.2. The highest BCUT2D eigenvalue weighted by Gasteiger charge is 2.17. The number of amides is 1. The molecule has 0 spiro atoms. The minimum Gasteiger partial charge on any atom is -0.318 e. The number of hydrogen-bond acceptors (Lipinski definition) is 4. The predicted octanol–water partition coefficient (Wildman–Crippen LogP) is 5.83. The average molecular weight is 540 g/mol. The molecule has 0 saturated carbocycles. The van der Waals surface area contributed by atoms with Crippen LogP contribution in [0.3, 0.4) is 0 Å². The van der Waals surface area contributed by atoms with Gasteiger partial charge in [0, 0.05) is 72.5 Å². The molecule has 1 aliphatic heterocycles. The highest BCUT2D eigenvalue weighted by Crippen LogP contribution is 2.22. The molecule has 1 aliphatic rings. The third kappa shape index (κ3) is 6.84. The van der Waals surface area contributed by atoms with Crippen molar-refractivity contribution in [3.63, 3.8) is 0 Å². The molecule has 5 rings (SSSR count). The number of carbonyl (C=O) groups is 1. The van der Waals surface area contributed by atoms with E-state index in [1.54, 1.807) is 6.21 Å². The zero-order valence-corrected chi connectivity index (χ0v) is 23.2. The summed E-state index contributed by atoms with van der Waals surface area (Å²) in [4.78, 5) is 17.7. The Balaban J connectivity index is 1.12. The molecule has 1 saturated heterocycles. The first-order valence-corrected chi connectivity index (χ1v) is 13.7. The normalized spacial score (nSPS) is 14.6. The number of carbonyl (C=O) groups excluding carboxylic acids is 1. The number of nitrogens with one attached hydrogen (secondary N) is 1. The Morgan fingerprint density at radius 1 is 0.846 bits per heavy atom. The van der Waals surface area contributed by atoms with E-state index in [0.717, 1.165) is 61.9 Å². The van der Waals surface area contributed by atoms with E-state index in [1.165, 1.54) is 11.1 Å². The van der Waals surface area contributed by atoms with E-state index in [9.17, 15) is 4.79 Å². The molecule has 0 atom stereocenters. The van der Waals surface area contributed by atoms with Crippen molar-refractivity contribution in [1.82, 2.24) is 19.8 Å². The topological polar surface area (TPSA) is 52.9 Å². The van der Waals surface area contributed by atoms with Crippen molar-refractivity contribution in [2.45, 2.75) is 26.9 Å². The number of aryl methyl sites for hydroxylation is 1. The van der Waals surface area contributed by atoms with E-state index in [0.29, 0.717) is 10.6 Å². The maximum Gasteiger partial charge on any atom is 0.271 e. The lowest BCUT2D eigenvalue weighted by molar-refractivity contribution is 0.0955. The van der Waals surface area contributed by atoms with Crippen molar-refractivity contribution >= 4 is 23.7 Å².